The summed E-state index contributed by atoms with van der Waals surface area (Å²) < 4.78 is 0. The van der Waals surface area contributed by atoms with Gasteiger partial charge in [-0.25, -0.2) is 0 Å². The number of carbonyl (C=O) groups excluding carboxylic acids is 3. The van der Waals surface area contributed by atoms with Crippen molar-refractivity contribution in [1.82, 2.24) is 19.8 Å². The van der Waals surface area contributed by atoms with Crippen molar-refractivity contribution in [1.29, 1.82) is 0 Å². The number of aliphatic hydroxyl groups excluding tert-OH is 1. The molecule has 210 valence electrons. The molecule has 8 aliphatic rings. The number of hydrogen-bond acceptors (Lipinski definition) is 4. The standard InChI is InChI=1S/C33H34N4O4/c1-5-32-6-7-36(22(32)8-20(38)26-24(32)16(2)10-34-26)28(40)30-13-31(14-30,15-30)29(41)37-12-19-18(4)33(19)23(37)9-21(39)27-25(33)17(3)11-35-27/h5,8-11,18-19,21,34-35,39H,1,6-7,12-15H2,2-4H3/t18-,19+,21?,30?,31?,32+,33+/m1/s1. The molecule has 1 spiro atoms. The Balaban J connectivity index is 0.979. The number of aromatic nitrogens is 2. The molecule has 8 nitrogen and oxygen atoms in total. The van der Waals surface area contributed by atoms with Crippen molar-refractivity contribution in [2.45, 2.75) is 63.4 Å². The molecule has 8 heteroatoms. The summed E-state index contributed by atoms with van der Waals surface area (Å²) in [5.74, 6) is 0.832. The van der Waals surface area contributed by atoms with Crippen molar-refractivity contribution in [3.63, 3.8) is 0 Å². The Hall–Kier alpha value is -3.65. The van der Waals surface area contributed by atoms with Crippen LogP contribution in [0.5, 0.6) is 0 Å². The Morgan fingerprint density at radius 3 is 2.39 bits per heavy atom. The van der Waals surface area contributed by atoms with E-state index < -0.39 is 22.3 Å². The van der Waals surface area contributed by atoms with E-state index in [-0.39, 0.29) is 23.0 Å². The van der Waals surface area contributed by atoms with E-state index in [1.54, 1.807) is 6.08 Å². The molecule has 41 heavy (non-hydrogen) atoms. The molecule has 2 bridgehead atoms. The summed E-state index contributed by atoms with van der Waals surface area (Å²) in [4.78, 5) is 51.4. The summed E-state index contributed by atoms with van der Waals surface area (Å²) in [7, 11) is 0. The number of fused-ring (bicyclic) bond motifs is 4. The van der Waals surface area contributed by atoms with Gasteiger partial charge in [-0.2, -0.15) is 0 Å². The minimum absolute atomic E-state index is 0.0424. The first-order chi connectivity index (χ1) is 19.5. The van der Waals surface area contributed by atoms with Crippen LogP contribution in [0, 0.1) is 36.5 Å². The molecule has 2 aromatic heterocycles. The molecule has 2 aliphatic heterocycles. The highest BCUT2D eigenvalue weighted by atomic mass is 16.3. The molecule has 3 N–H and O–H groups in total. The molecule has 4 saturated carbocycles. The maximum absolute atomic E-state index is 14.2. The normalized spacial score (nSPS) is 40.3. The van der Waals surface area contributed by atoms with E-state index in [9.17, 15) is 19.5 Å². The van der Waals surface area contributed by atoms with E-state index in [4.69, 9.17) is 0 Å². The predicted octanol–water partition coefficient (Wildman–Crippen LogP) is 3.84. The Morgan fingerprint density at radius 2 is 1.68 bits per heavy atom. The van der Waals surface area contributed by atoms with Crippen molar-refractivity contribution < 1.29 is 19.5 Å². The number of piperidine rings is 1. The first-order valence-electron chi connectivity index (χ1n) is 14.9. The summed E-state index contributed by atoms with van der Waals surface area (Å²) in [6, 6.07) is 0. The number of likely N-dealkylation sites (tertiary alicyclic amines) is 2. The highest BCUT2D eigenvalue weighted by Crippen LogP contribution is 2.77. The fourth-order valence-corrected chi connectivity index (χ4v) is 10.5. The van der Waals surface area contributed by atoms with Crippen molar-refractivity contribution in [2.75, 3.05) is 13.1 Å². The van der Waals surface area contributed by atoms with E-state index in [1.165, 1.54) is 5.56 Å². The smallest absolute Gasteiger partial charge is 0.233 e. The number of aromatic amines is 2. The van der Waals surface area contributed by atoms with Gasteiger partial charge in [-0.05, 0) is 79.7 Å². The third kappa shape index (κ3) is 2.34. The Bertz CT molecular complexity index is 1720. The van der Waals surface area contributed by atoms with Gasteiger partial charge in [-0.1, -0.05) is 13.0 Å². The summed E-state index contributed by atoms with van der Waals surface area (Å²) in [5, 5.41) is 10.9. The molecule has 6 fully saturated rings. The van der Waals surface area contributed by atoms with Gasteiger partial charge < -0.3 is 24.9 Å². The third-order valence-corrected chi connectivity index (χ3v) is 12.3. The minimum atomic E-state index is -0.752. The van der Waals surface area contributed by atoms with Crippen LogP contribution in [0.1, 0.15) is 77.1 Å². The van der Waals surface area contributed by atoms with Crippen LogP contribution in [-0.4, -0.2) is 55.6 Å². The fraction of sp³-hybridized carbons (Fsp3) is 0.485. The molecule has 2 amide bonds. The number of allylic oxidation sites excluding steroid dienone is 3. The summed E-state index contributed by atoms with van der Waals surface area (Å²) in [6.07, 6.45) is 10.8. The topological polar surface area (TPSA) is 110 Å². The molecule has 0 aromatic carbocycles. The molecule has 4 heterocycles. The molecule has 0 radical (unpaired) electrons. The zero-order valence-electron chi connectivity index (χ0n) is 23.6. The second-order valence-corrected chi connectivity index (χ2v) is 14.0. The number of carbonyl (C=O) groups is 3. The lowest BCUT2D eigenvalue weighted by Crippen LogP contribution is -2.72. The van der Waals surface area contributed by atoms with Gasteiger partial charge in [0.25, 0.3) is 0 Å². The van der Waals surface area contributed by atoms with E-state index >= 15 is 0 Å². The second-order valence-electron chi connectivity index (χ2n) is 14.0. The van der Waals surface area contributed by atoms with Crippen LogP contribution in [0.2, 0.25) is 0 Å². The minimum Gasteiger partial charge on any atom is -0.383 e. The second kappa shape index (κ2) is 6.86. The van der Waals surface area contributed by atoms with Gasteiger partial charge in [0.2, 0.25) is 17.6 Å². The van der Waals surface area contributed by atoms with E-state index in [1.807, 2.05) is 41.3 Å². The maximum Gasteiger partial charge on any atom is 0.233 e. The Labute approximate surface area is 238 Å². The summed E-state index contributed by atoms with van der Waals surface area (Å²) >= 11 is 0. The van der Waals surface area contributed by atoms with Crippen molar-refractivity contribution in [3.05, 3.63) is 82.2 Å². The van der Waals surface area contributed by atoms with Gasteiger partial charge in [0.05, 0.1) is 27.6 Å². The molecule has 2 saturated heterocycles. The van der Waals surface area contributed by atoms with Crippen LogP contribution in [0.15, 0.2) is 48.6 Å². The van der Waals surface area contributed by atoms with Crippen LogP contribution in [0.25, 0.3) is 0 Å². The number of aliphatic hydroxyl groups is 1. The zero-order valence-corrected chi connectivity index (χ0v) is 23.6. The third-order valence-electron chi connectivity index (χ3n) is 12.3. The number of aryl methyl sites for hydroxylation is 2. The van der Waals surface area contributed by atoms with Gasteiger partial charge in [0, 0.05) is 48.4 Å². The van der Waals surface area contributed by atoms with Gasteiger partial charge >= 0.3 is 0 Å². The molecule has 1 unspecified atom stereocenters. The predicted molar refractivity (Wildman–Crippen MR) is 149 cm³/mol. The monoisotopic (exact) mass is 550 g/mol. The van der Waals surface area contributed by atoms with E-state index in [2.05, 4.69) is 30.4 Å². The van der Waals surface area contributed by atoms with Crippen molar-refractivity contribution >= 4 is 17.6 Å². The molecule has 5 atom stereocenters. The molecular formula is C33H34N4O4. The number of rotatable bonds is 3. The molecule has 2 aromatic rings. The maximum atomic E-state index is 14.2. The van der Waals surface area contributed by atoms with Gasteiger partial charge in [-0.3, -0.25) is 14.4 Å². The average Bonchev–Trinajstić information content (AvgIpc) is 3.44. The average molecular weight is 551 g/mol. The number of ketones is 1. The van der Waals surface area contributed by atoms with Crippen LogP contribution >= 0.6 is 0 Å². The van der Waals surface area contributed by atoms with Crippen LogP contribution in [0.3, 0.4) is 0 Å². The molecule has 6 aliphatic carbocycles. The number of H-pyrrole nitrogens is 2. The quantitative estimate of drug-likeness (QED) is 0.505. The lowest BCUT2D eigenvalue weighted by Gasteiger charge is -2.69. The van der Waals surface area contributed by atoms with Gasteiger partial charge in [-0.15, -0.1) is 6.58 Å². The Morgan fingerprint density at radius 1 is 1.02 bits per heavy atom. The summed E-state index contributed by atoms with van der Waals surface area (Å²) in [6.45, 7) is 11.7. The fourth-order valence-electron chi connectivity index (χ4n) is 10.5. The van der Waals surface area contributed by atoms with Crippen LogP contribution < -0.4 is 0 Å². The first kappa shape index (κ1) is 24.0. The highest BCUT2D eigenvalue weighted by Gasteiger charge is 2.79. The number of nitrogens with one attached hydrogen (secondary N) is 2. The number of hydrogen-bond donors (Lipinski definition) is 3. The lowest BCUT2D eigenvalue weighted by atomic mass is 9.34. The zero-order chi connectivity index (χ0) is 28.4. The first-order valence-corrected chi connectivity index (χ1v) is 14.9. The highest BCUT2D eigenvalue weighted by molar-refractivity contribution is 6.08. The number of amides is 2. The molecule has 10 rings (SSSR count). The van der Waals surface area contributed by atoms with Gasteiger partial charge in [0.15, 0.2) is 0 Å². The Kier molecular flexibility index (Phi) is 4.02. The van der Waals surface area contributed by atoms with E-state index in [0.717, 1.165) is 33.8 Å². The van der Waals surface area contributed by atoms with Gasteiger partial charge in [0.1, 0.15) is 6.10 Å². The van der Waals surface area contributed by atoms with Crippen molar-refractivity contribution in [2.24, 2.45) is 22.7 Å². The van der Waals surface area contributed by atoms with Crippen molar-refractivity contribution in [3.8, 4) is 0 Å². The largest absolute Gasteiger partial charge is 0.383 e. The van der Waals surface area contributed by atoms with Crippen LogP contribution in [0.4, 0.5) is 0 Å². The van der Waals surface area contributed by atoms with Crippen LogP contribution in [-0.2, 0) is 20.4 Å². The number of nitrogens with zero attached hydrogens (tertiary/aromatic N) is 2. The molecular weight excluding hydrogens is 516 g/mol. The van der Waals surface area contributed by atoms with E-state index in [0.29, 0.717) is 56.3 Å². The summed E-state index contributed by atoms with van der Waals surface area (Å²) in [5.41, 5.74) is 5.63. The SMILES string of the molecule is C=C[C@]12CCN(C(=O)C34CC(C(=O)N5C[C@H]6[C@@H](C)[C@@]67C5=CC(O)c5[nH]cc(C)c57)(C3)C4)C1=CC(=O)c1[nH]cc(C)c12. The lowest BCUT2D eigenvalue weighted by molar-refractivity contribution is -0.219.